The quantitative estimate of drug-likeness (QED) is 0.879. The normalized spacial score (nSPS) is 12.4. The molecule has 0 fully saturated rings. The minimum atomic E-state index is 0.171. The Labute approximate surface area is 120 Å². The molecular weight excluding hydrogens is 250 g/mol. The fourth-order valence-electron chi connectivity index (χ4n) is 2.42. The SMILES string of the molecule is CCNC(c1ccc(OC)c(C)c1)c1cnn(CC)c1. The van der Waals surface area contributed by atoms with Crippen LogP contribution < -0.4 is 10.1 Å². The molecule has 1 heterocycles. The molecule has 0 aliphatic heterocycles. The maximum Gasteiger partial charge on any atom is 0.121 e. The summed E-state index contributed by atoms with van der Waals surface area (Å²) in [5.41, 5.74) is 3.58. The Morgan fingerprint density at radius 2 is 2.10 bits per heavy atom. The highest BCUT2D eigenvalue weighted by atomic mass is 16.5. The number of methoxy groups -OCH3 is 1. The summed E-state index contributed by atoms with van der Waals surface area (Å²) in [6, 6.07) is 6.49. The van der Waals surface area contributed by atoms with Crippen molar-refractivity contribution >= 4 is 0 Å². The number of hydrogen-bond acceptors (Lipinski definition) is 3. The van der Waals surface area contributed by atoms with Crippen molar-refractivity contribution in [3.8, 4) is 5.75 Å². The van der Waals surface area contributed by atoms with E-state index in [9.17, 15) is 0 Å². The molecule has 108 valence electrons. The van der Waals surface area contributed by atoms with Crippen LogP contribution in [0.15, 0.2) is 30.6 Å². The summed E-state index contributed by atoms with van der Waals surface area (Å²) in [7, 11) is 1.70. The van der Waals surface area contributed by atoms with Crippen LogP contribution in [0.1, 0.15) is 36.6 Å². The molecule has 1 aromatic heterocycles. The lowest BCUT2D eigenvalue weighted by molar-refractivity contribution is 0.411. The third kappa shape index (κ3) is 3.02. The number of aromatic nitrogens is 2. The van der Waals surface area contributed by atoms with E-state index in [1.54, 1.807) is 7.11 Å². The first kappa shape index (κ1) is 14.6. The first-order chi connectivity index (χ1) is 9.69. The van der Waals surface area contributed by atoms with Crippen LogP contribution in [-0.4, -0.2) is 23.4 Å². The lowest BCUT2D eigenvalue weighted by atomic mass is 9.99. The van der Waals surface area contributed by atoms with E-state index in [-0.39, 0.29) is 6.04 Å². The van der Waals surface area contributed by atoms with Gasteiger partial charge in [-0.25, -0.2) is 0 Å². The van der Waals surface area contributed by atoms with Crippen molar-refractivity contribution in [3.63, 3.8) is 0 Å². The van der Waals surface area contributed by atoms with E-state index in [1.807, 2.05) is 16.9 Å². The molecule has 0 saturated carbocycles. The Bertz CT molecular complexity index is 563. The van der Waals surface area contributed by atoms with Gasteiger partial charge in [0.05, 0.1) is 19.3 Å². The van der Waals surface area contributed by atoms with Crippen LogP contribution in [0.25, 0.3) is 0 Å². The van der Waals surface area contributed by atoms with Crippen LogP contribution in [0.3, 0.4) is 0 Å². The van der Waals surface area contributed by atoms with Crippen LogP contribution in [-0.2, 0) is 6.54 Å². The smallest absolute Gasteiger partial charge is 0.121 e. The minimum Gasteiger partial charge on any atom is -0.496 e. The van der Waals surface area contributed by atoms with E-state index in [0.717, 1.165) is 24.4 Å². The van der Waals surface area contributed by atoms with E-state index in [4.69, 9.17) is 4.74 Å². The van der Waals surface area contributed by atoms with Gasteiger partial charge >= 0.3 is 0 Å². The topological polar surface area (TPSA) is 39.1 Å². The van der Waals surface area contributed by atoms with Gasteiger partial charge in [0, 0.05) is 18.3 Å². The maximum absolute atomic E-state index is 5.33. The van der Waals surface area contributed by atoms with E-state index >= 15 is 0 Å². The second-order valence-electron chi connectivity index (χ2n) is 4.85. The zero-order chi connectivity index (χ0) is 14.5. The Balaban J connectivity index is 2.34. The second kappa shape index (κ2) is 6.57. The molecule has 0 aliphatic rings. The van der Waals surface area contributed by atoms with E-state index in [2.05, 4.69) is 49.5 Å². The minimum absolute atomic E-state index is 0.171. The first-order valence-electron chi connectivity index (χ1n) is 7.09. The van der Waals surface area contributed by atoms with Gasteiger partial charge in [-0.05, 0) is 37.6 Å². The molecular formula is C16H23N3O. The van der Waals surface area contributed by atoms with Crippen molar-refractivity contribution in [2.45, 2.75) is 33.4 Å². The average molecular weight is 273 g/mol. The van der Waals surface area contributed by atoms with Crippen LogP contribution in [0.5, 0.6) is 5.75 Å². The number of aryl methyl sites for hydroxylation is 2. The van der Waals surface area contributed by atoms with Gasteiger partial charge < -0.3 is 10.1 Å². The van der Waals surface area contributed by atoms with Crippen LogP contribution >= 0.6 is 0 Å². The Hall–Kier alpha value is -1.81. The molecule has 0 bridgehead atoms. The Morgan fingerprint density at radius 1 is 1.30 bits per heavy atom. The van der Waals surface area contributed by atoms with Gasteiger partial charge in [-0.15, -0.1) is 0 Å². The molecule has 0 radical (unpaired) electrons. The average Bonchev–Trinajstić information content (AvgIpc) is 2.93. The van der Waals surface area contributed by atoms with Crippen molar-refractivity contribution in [3.05, 3.63) is 47.3 Å². The molecule has 0 aliphatic carbocycles. The Morgan fingerprint density at radius 3 is 2.65 bits per heavy atom. The van der Waals surface area contributed by atoms with Gasteiger partial charge in [-0.1, -0.05) is 19.1 Å². The summed E-state index contributed by atoms with van der Waals surface area (Å²) >= 11 is 0. The monoisotopic (exact) mass is 273 g/mol. The molecule has 4 heteroatoms. The molecule has 20 heavy (non-hydrogen) atoms. The molecule has 4 nitrogen and oxygen atoms in total. The van der Waals surface area contributed by atoms with E-state index < -0.39 is 0 Å². The largest absolute Gasteiger partial charge is 0.496 e. The van der Waals surface area contributed by atoms with Crippen molar-refractivity contribution in [2.75, 3.05) is 13.7 Å². The summed E-state index contributed by atoms with van der Waals surface area (Å²) in [6.07, 6.45) is 4.04. The van der Waals surface area contributed by atoms with Gasteiger partial charge in [0.1, 0.15) is 5.75 Å². The summed E-state index contributed by atoms with van der Waals surface area (Å²) in [4.78, 5) is 0. The van der Waals surface area contributed by atoms with Gasteiger partial charge in [-0.3, -0.25) is 4.68 Å². The van der Waals surface area contributed by atoms with Crippen molar-refractivity contribution in [1.29, 1.82) is 0 Å². The third-order valence-electron chi connectivity index (χ3n) is 3.47. The summed E-state index contributed by atoms with van der Waals surface area (Å²) in [6.45, 7) is 8.08. The number of hydrogen-bond donors (Lipinski definition) is 1. The fraction of sp³-hybridized carbons (Fsp3) is 0.438. The van der Waals surface area contributed by atoms with E-state index in [1.165, 1.54) is 11.1 Å². The molecule has 2 rings (SSSR count). The summed E-state index contributed by atoms with van der Waals surface area (Å²) in [5.74, 6) is 0.924. The van der Waals surface area contributed by atoms with Crippen LogP contribution in [0.4, 0.5) is 0 Å². The predicted octanol–water partition coefficient (Wildman–Crippen LogP) is 2.92. The maximum atomic E-state index is 5.33. The molecule has 2 aromatic rings. The molecule has 1 unspecified atom stereocenters. The molecule has 1 aromatic carbocycles. The van der Waals surface area contributed by atoms with Crippen molar-refractivity contribution < 1.29 is 4.74 Å². The standard InChI is InChI=1S/C16H23N3O/c1-5-17-16(14-10-18-19(6-2)11-14)13-7-8-15(20-4)12(3)9-13/h7-11,16-17H,5-6H2,1-4H3. The zero-order valence-corrected chi connectivity index (χ0v) is 12.7. The molecule has 0 spiro atoms. The third-order valence-corrected chi connectivity index (χ3v) is 3.47. The zero-order valence-electron chi connectivity index (χ0n) is 12.7. The van der Waals surface area contributed by atoms with Crippen LogP contribution in [0.2, 0.25) is 0 Å². The molecule has 1 atom stereocenters. The highest BCUT2D eigenvalue weighted by Gasteiger charge is 2.15. The first-order valence-corrected chi connectivity index (χ1v) is 7.09. The number of nitrogens with one attached hydrogen (secondary N) is 1. The number of ether oxygens (including phenoxy) is 1. The van der Waals surface area contributed by atoms with Crippen molar-refractivity contribution in [1.82, 2.24) is 15.1 Å². The molecule has 0 saturated heterocycles. The highest BCUT2D eigenvalue weighted by Crippen LogP contribution is 2.26. The van der Waals surface area contributed by atoms with E-state index in [0.29, 0.717) is 0 Å². The van der Waals surface area contributed by atoms with Gasteiger partial charge in [-0.2, -0.15) is 5.10 Å². The number of nitrogens with zero attached hydrogens (tertiary/aromatic N) is 2. The van der Waals surface area contributed by atoms with Crippen LogP contribution in [0, 0.1) is 6.92 Å². The van der Waals surface area contributed by atoms with Crippen molar-refractivity contribution in [2.24, 2.45) is 0 Å². The summed E-state index contributed by atoms with van der Waals surface area (Å²) in [5, 5.41) is 7.89. The van der Waals surface area contributed by atoms with Gasteiger partial charge in [0.2, 0.25) is 0 Å². The van der Waals surface area contributed by atoms with Gasteiger partial charge in [0.15, 0.2) is 0 Å². The summed E-state index contributed by atoms with van der Waals surface area (Å²) < 4.78 is 7.28. The highest BCUT2D eigenvalue weighted by molar-refractivity contribution is 5.40. The predicted molar refractivity (Wildman–Crippen MR) is 81.2 cm³/mol. The lowest BCUT2D eigenvalue weighted by Crippen LogP contribution is -2.21. The lowest BCUT2D eigenvalue weighted by Gasteiger charge is -2.18. The molecule has 1 N–H and O–H groups in total. The number of rotatable bonds is 6. The fourth-order valence-corrected chi connectivity index (χ4v) is 2.42. The number of benzene rings is 1. The second-order valence-corrected chi connectivity index (χ2v) is 4.85. The molecule has 0 amide bonds. The van der Waals surface area contributed by atoms with Gasteiger partial charge in [0.25, 0.3) is 0 Å². The Kier molecular flexibility index (Phi) is 4.79.